The molecule has 0 atom stereocenters. The molecule has 0 spiro atoms. The molecule has 0 unspecified atom stereocenters. The number of hydrogen-bond donors (Lipinski definition) is 1. The van der Waals surface area contributed by atoms with Crippen LogP contribution < -0.4 is 15.1 Å². The summed E-state index contributed by atoms with van der Waals surface area (Å²) in [5.74, 6) is -0.467. The van der Waals surface area contributed by atoms with Gasteiger partial charge in [-0.1, -0.05) is 28.1 Å². The van der Waals surface area contributed by atoms with E-state index in [4.69, 9.17) is 0 Å². The minimum atomic E-state index is -0.467. The lowest BCUT2D eigenvalue weighted by Crippen LogP contribution is -2.44. The number of amides is 2. The minimum Gasteiger partial charge on any atom is -0.371 e. The van der Waals surface area contributed by atoms with Gasteiger partial charge in [-0.3, -0.25) is 4.90 Å². The summed E-state index contributed by atoms with van der Waals surface area (Å²) in [6, 6.07) is 11.9. The minimum absolute atomic E-state index is 0.171. The molecule has 2 amide bonds. The molecule has 1 aliphatic rings. The maximum absolute atomic E-state index is 13.9. The number of likely N-dealkylation sites (N-methyl/N-ethyl adjacent to an activating group) is 1. The second-order valence-electron chi connectivity index (χ2n) is 5.12. The number of benzene rings is 2. The number of carbonyl (C=O) groups excluding carboxylic acids is 1. The third-order valence-electron chi connectivity index (χ3n) is 3.66. The van der Waals surface area contributed by atoms with Gasteiger partial charge in [0.15, 0.2) is 0 Å². The first-order valence-electron chi connectivity index (χ1n) is 6.90. The number of nitrogens with one attached hydrogen (secondary N) is 1. The van der Waals surface area contributed by atoms with Gasteiger partial charge in [0.2, 0.25) is 0 Å². The quantitative estimate of drug-likeness (QED) is 0.828. The smallest absolute Gasteiger partial charge is 0.326 e. The van der Waals surface area contributed by atoms with Crippen LogP contribution in [0, 0.1) is 5.82 Å². The summed E-state index contributed by atoms with van der Waals surface area (Å²) in [4.78, 5) is 16.2. The van der Waals surface area contributed by atoms with Crippen molar-refractivity contribution >= 4 is 39.0 Å². The maximum atomic E-state index is 13.9. The van der Waals surface area contributed by atoms with Gasteiger partial charge in [0.25, 0.3) is 0 Å². The van der Waals surface area contributed by atoms with E-state index in [1.165, 1.54) is 6.07 Å². The number of para-hydroxylation sites is 2. The van der Waals surface area contributed by atoms with Crippen molar-refractivity contribution in [3.05, 3.63) is 52.8 Å². The van der Waals surface area contributed by atoms with Crippen molar-refractivity contribution in [3.63, 3.8) is 0 Å². The Morgan fingerprint density at radius 1 is 1.18 bits per heavy atom. The van der Waals surface area contributed by atoms with Gasteiger partial charge in [0.05, 0.1) is 17.1 Å². The molecule has 0 saturated heterocycles. The van der Waals surface area contributed by atoms with Crippen molar-refractivity contribution in [2.75, 3.05) is 35.3 Å². The first-order chi connectivity index (χ1) is 10.6. The lowest BCUT2D eigenvalue weighted by atomic mass is 10.2. The van der Waals surface area contributed by atoms with Crippen molar-refractivity contribution in [1.82, 2.24) is 0 Å². The molecule has 2 aromatic rings. The summed E-state index contributed by atoms with van der Waals surface area (Å²) in [6.45, 7) is 1.28. The SMILES string of the molecule is CN1CCN(C(=O)Nc2ccc(Br)cc2F)c2ccccc21. The molecule has 114 valence electrons. The molecule has 0 saturated carbocycles. The summed E-state index contributed by atoms with van der Waals surface area (Å²) in [7, 11) is 1.99. The molecule has 0 aliphatic carbocycles. The summed E-state index contributed by atoms with van der Waals surface area (Å²) >= 11 is 3.20. The molecular weight excluding hydrogens is 349 g/mol. The topological polar surface area (TPSA) is 35.6 Å². The number of carbonyl (C=O) groups is 1. The normalized spacial score (nSPS) is 13.8. The summed E-state index contributed by atoms with van der Waals surface area (Å²) in [6.07, 6.45) is 0. The van der Waals surface area contributed by atoms with E-state index >= 15 is 0 Å². The summed E-state index contributed by atoms with van der Waals surface area (Å²) in [5, 5.41) is 2.64. The highest BCUT2D eigenvalue weighted by Crippen LogP contribution is 2.32. The van der Waals surface area contributed by atoms with E-state index in [0.29, 0.717) is 11.0 Å². The van der Waals surface area contributed by atoms with Crippen LogP contribution in [-0.2, 0) is 0 Å². The molecule has 6 heteroatoms. The van der Waals surface area contributed by atoms with E-state index in [1.807, 2.05) is 31.3 Å². The van der Waals surface area contributed by atoms with E-state index in [-0.39, 0.29) is 11.7 Å². The standard InChI is InChI=1S/C16H15BrFN3O/c1-20-8-9-21(15-5-3-2-4-14(15)20)16(22)19-13-7-6-11(17)10-12(13)18/h2-7,10H,8-9H2,1H3,(H,19,22). The first kappa shape index (κ1) is 14.8. The van der Waals surface area contributed by atoms with Gasteiger partial charge in [-0.2, -0.15) is 0 Å². The second kappa shape index (κ2) is 5.96. The van der Waals surface area contributed by atoms with Crippen molar-refractivity contribution in [2.24, 2.45) is 0 Å². The molecular formula is C16H15BrFN3O. The monoisotopic (exact) mass is 363 g/mol. The third-order valence-corrected chi connectivity index (χ3v) is 4.15. The Morgan fingerprint density at radius 3 is 2.64 bits per heavy atom. The second-order valence-corrected chi connectivity index (χ2v) is 6.03. The predicted molar refractivity (Wildman–Crippen MR) is 90.2 cm³/mol. The number of rotatable bonds is 1. The van der Waals surface area contributed by atoms with Gasteiger partial charge in [0.1, 0.15) is 5.82 Å². The molecule has 0 fully saturated rings. The average molecular weight is 364 g/mol. The molecule has 22 heavy (non-hydrogen) atoms. The Bertz CT molecular complexity index is 722. The fourth-order valence-corrected chi connectivity index (χ4v) is 2.82. The molecule has 0 bridgehead atoms. The fraction of sp³-hybridized carbons (Fsp3) is 0.188. The van der Waals surface area contributed by atoms with Crippen LogP contribution in [0.4, 0.5) is 26.2 Å². The predicted octanol–water partition coefficient (Wildman–Crippen LogP) is 4.08. The van der Waals surface area contributed by atoms with Gasteiger partial charge >= 0.3 is 6.03 Å². The highest BCUT2D eigenvalue weighted by atomic mass is 79.9. The Hall–Kier alpha value is -2.08. The van der Waals surface area contributed by atoms with E-state index in [2.05, 4.69) is 26.1 Å². The van der Waals surface area contributed by atoms with Crippen molar-refractivity contribution in [2.45, 2.75) is 0 Å². The molecule has 1 aliphatic heterocycles. The van der Waals surface area contributed by atoms with Crippen LogP contribution in [0.3, 0.4) is 0 Å². The Balaban J connectivity index is 1.85. The molecule has 3 rings (SSSR count). The van der Waals surface area contributed by atoms with Crippen LogP contribution in [0.2, 0.25) is 0 Å². The molecule has 1 heterocycles. The van der Waals surface area contributed by atoms with Crippen LogP contribution >= 0.6 is 15.9 Å². The van der Waals surface area contributed by atoms with Gasteiger partial charge in [-0.05, 0) is 30.3 Å². The highest BCUT2D eigenvalue weighted by Gasteiger charge is 2.25. The maximum Gasteiger partial charge on any atom is 0.326 e. The van der Waals surface area contributed by atoms with Crippen molar-refractivity contribution in [1.29, 1.82) is 0 Å². The summed E-state index contributed by atoms with van der Waals surface area (Å²) < 4.78 is 14.5. The zero-order valence-corrected chi connectivity index (χ0v) is 13.6. The molecule has 0 radical (unpaired) electrons. The van der Waals surface area contributed by atoms with Crippen LogP contribution in [0.1, 0.15) is 0 Å². The number of fused-ring (bicyclic) bond motifs is 1. The van der Waals surface area contributed by atoms with E-state index in [0.717, 1.165) is 17.9 Å². The van der Waals surface area contributed by atoms with Gasteiger partial charge in [-0.15, -0.1) is 0 Å². The Kier molecular flexibility index (Phi) is 4.02. The Labute approximate surface area is 136 Å². The van der Waals surface area contributed by atoms with Crippen LogP contribution in [0.15, 0.2) is 46.9 Å². The number of urea groups is 1. The van der Waals surface area contributed by atoms with E-state index in [9.17, 15) is 9.18 Å². The van der Waals surface area contributed by atoms with Gasteiger partial charge in [0, 0.05) is 24.6 Å². The van der Waals surface area contributed by atoms with Crippen molar-refractivity contribution in [3.8, 4) is 0 Å². The number of anilines is 3. The lowest BCUT2D eigenvalue weighted by Gasteiger charge is -2.35. The zero-order valence-electron chi connectivity index (χ0n) is 12.0. The molecule has 0 aromatic heterocycles. The highest BCUT2D eigenvalue weighted by molar-refractivity contribution is 9.10. The summed E-state index contributed by atoms with van der Waals surface area (Å²) in [5.41, 5.74) is 1.98. The molecule has 1 N–H and O–H groups in total. The zero-order chi connectivity index (χ0) is 15.7. The van der Waals surface area contributed by atoms with Crippen LogP contribution in [0.25, 0.3) is 0 Å². The van der Waals surface area contributed by atoms with E-state index < -0.39 is 5.82 Å². The fourth-order valence-electron chi connectivity index (χ4n) is 2.49. The van der Waals surface area contributed by atoms with Crippen molar-refractivity contribution < 1.29 is 9.18 Å². The number of hydrogen-bond acceptors (Lipinski definition) is 2. The Morgan fingerprint density at radius 2 is 1.91 bits per heavy atom. The number of nitrogens with zero attached hydrogens (tertiary/aromatic N) is 2. The lowest BCUT2D eigenvalue weighted by molar-refractivity contribution is 0.256. The average Bonchev–Trinajstić information content (AvgIpc) is 2.50. The van der Waals surface area contributed by atoms with E-state index in [1.54, 1.807) is 17.0 Å². The van der Waals surface area contributed by atoms with Crippen LogP contribution in [-0.4, -0.2) is 26.2 Å². The molecule has 4 nitrogen and oxygen atoms in total. The number of halogens is 2. The largest absolute Gasteiger partial charge is 0.371 e. The molecule has 2 aromatic carbocycles. The van der Waals surface area contributed by atoms with Crippen LogP contribution in [0.5, 0.6) is 0 Å². The third kappa shape index (κ3) is 2.78. The first-order valence-corrected chi connectivity index (χ1v) is 7.69. The van der Waals surface area contributed by atoms with Gasteiger partial charge < -0.3 is 10.2 Å². The van der Waals surface area contributed by atoms with Gasteiger partial charge in [-0.25, -0.2) is 9.18 Å².